The number of ketones is 1. The predicted molar refractivity (Wildman–Crippen MR) is 68.7 cm³/mol. The normalized spacial score (nSPS) is 13.5. The summed E-state index contributed by atoms with van der Waals surface area (Å²) >= 11 is 0. The molecule has 0 aliphatic heterocycles. The minimum absolute atomic E-state index is 0.105. The Labute approximate surface area is 100 Å². The van der Waals surface area contributed by atoms with Gasteiger partial charge >= 0.3 is 8.56 Å². The van der Waals surface area contributed by atoms with Crippen LogP contribution < -0.4 is 0 Å². The first-order valence-electron chi connectivity index (χ1n) is 5.88. The molecule has 0 radical (unpaired) electrons. The fraction of sp³-hybridized carbons (Fsp3) is 0.750. The zero-order chi connectivity index (χ0) is 12.6. The molecule has 0 aliphatic carbocycles. The van der Waals surface area contributed by atoms with E-state index in [1.807, 2.05) is 26.9 Å². The van der Waals surface area contributed by atoms with Gasteiger partial charge < -0.3 is 8.85 Å². The lowest BCUT2D eigenvalue weighted by Gasteiger charge is -2.26. The van der Waals surface area contributed by atoms with E-state index < -0.39 is 8.56 Å². The fourth-order valence-electron chi connectivity index (χ4n) is 1.59. The molecule has 0 aliphatic rings. The summed E-state index contributed by atoms with van der Waals surface area (Å²) in [6, 6.07) is 0. The molecular formula is C12H24O3Si. The third-order valence-electron chi connectivity index (χ3n) is 2.24. The van der Waals surface area contributed by atoms with Crippen molar-refractivity contribution in [3.05, 3.63) is 12.7 Å². The molecule has 0 spiro atoms. The topological polar surface area (TPSA) is 35.5 Å². The van der Waals surface area contributed by atoms with Gasteiger partial charge in [-0.2, -0.15) is 0 Å². The Morgan fingerprint density at radius 1 is 1.50 bits per heavy atom. The van der Waals surface area contributed by atoms with E-state index in [4.69, 9.17) is 8.85 Å². The van der Waals surface area contributed by atoms with Crippen LogP contribution in [0.2, 0.25) is 13.1 Å². The van der Waals surface area contributed by atoms with E-state index in [2.05, 4.69) is 6.58 Å². The van der Waals surface area contributed by atoms with Crippen LogP contribution in [0.3, 0.4) is 0 Å². The van der Waals surface area contributed by atoms with Crippen molar-refractivity contribution in [2.75, 3.05) is 6.61 Å². The molecule has 1 unspecified atom stereocenters. The van der Waals surface area contributed by atoms with Crippen LogP contribution in [0.15, 0.2) is 12.7 Å². The average molecular weight is 244 g/mol. The van der Waals surface area contributed by atoms with Gasteiger partial charge in [0.1, 0.15) is 0 Å². The summed E-state index contributed by atoms with van der Waals surface area (Å²) < 4.78 is 11.5. The molecule has 0 amide bonds. The highest BCUT2D eigenvalue weighted by atomic mass is 28.4. The minimum Gasteiger partial charge on any atom is -0.395 e. The van der Waals surface area contributed by atoms with Crippen molar-refractivity contribution in [1.29, 1.82) is 0 Å². The molecule has 3 nitrogen and oxygen atoms in total. The molecule has 4 heteroatoms. The lowest BCUT2D eigenvalue weighted by molar-refractivity contribution is -0.114. The van der Waals surface area contributed by atoms with Crippen molar-refractivity contribution >= 4 is 14.3 Å². The number of hydrogen-bond donors (Lipinski definition) is 0. The van der Waals surface area contributed by atoms with E-state index in [1.54, 1.807) is 0 Å². The number of carbonyl (C=O) groups is 1. The lowest BCUT2D eigenvalue weighted by Crippen LogP contribution is -2.38. The van der Waals surface area contributed by atoms with Crippen LogP contribution in [0.1, 0.15) is 33.1 Å². The van der Waals surface area contributed by atoms with Crippen LogP contribution in [0.4, 0.5) is 0 Å². The number of hydrogen-bond acceptors (Lipinski definition) is 3. The molecular weight excluding hydrogens is 220 g/mol. The summed E-state index contributed by atoms with van der Waals surface area (Å²) in [5, 5.41) is 0. The van der Waals surface area contributed by atoms with Crippen LogP contribution >= 0.6 is 0 Å². The molecule has 0 aromatic carbocycles. The standard InChI is InChI=1S/C12H24O3Si/c1-6-12(13)10-8-9-11(3)15-16(4,5)14-7-2/h6,11H,1,7-10H2,2-5H3. The monoisotopic (exact) mass is 244 g/mol. The van der Waals surface area contributed by atoms with Crippen LogP contribution in [0.5, 0.6) is 0 Å². The van der Waals surface area contributed by atoms with Gasteiger partial charge in [0.2, 0.25) is 0 Å². The highest BCUT2D eigenvalue weighted by molar-refractivity contribution is 6.64. The second-order valence-electron chi connectivity index (χ2n) is 4.32. The molecule has 16 heavy (non-hydrogen) atoms. The highest BCUT2D eigenvalue weighted by Gasteiger charge is 2.26. The summed E-state index contributed by atoms with van der Waals surface area (Å²) in [4.78, 5) is 11.0. The fourth-order valence-corrected chi connectivity index (χ4v) is 3.44. The van der Waals surface area contributed by atoms with Crippen LogP contribution in [0.25, 0.3) is 0 Å². The minimum atomic E-state index is -1.96. The molecule has 0 aromatic rings. The van der Waals surface area contributed by atoms with E-state index in [-0.39, 0.29) is 11.9 Å². The van der Waals surface area contributed by atoms with Gasteiger partial charge in [-0.3, -0.25) is 4.79 Å². The summed E-state index contributed by atoms with van der Waals surface area (Å²) in [7, 11) is -1.96. The predicted octanol–water partition coefficient (Wildman–Crippen LogP) is 3.06. The van der Waals surface area contributed by atoms with Crippen LogP contribution in [-0.4, -0.2) is 27.1 Å². The molecule has 1 atom stereocenters. The molecule has 0 fully saturated rings. The highest BCUT2D eigenvalue weighted by Crippen LogP contribution is 2.13. The Balaban J connectivity index is 3.77. The number of rotatable bonds is 9. The smallest absolute Gasteiger partial charge is 0.331 e. The Morgan fingerprint density at radius 2 is 2.12 bits per heavy atom. The van der Waals surface area contributed by atoms with Gasteiger partial charge in [0.15, 0.2) is 5.78 Å². The molecule has 0 aromatic heterocycles. The Kier molecular flexibility index (Phi) is 7.54. The van der Waals surface area contributed by atoms with E-state index in [1.165, 1.54) is 6.08 Å². The van der Waals surface area contributed by atoms with Gasteiger partial charge in [0.05, 0.1) is 0 Å². The van der Waals surface area contributed by atoms with Gasteiger partial charge in [-0.25, -0.2) is 0 Å². The maximum atomic E-state index is 11.0. The summed E-state index contributed by atoms with van der Waals surface area (Å²) in [5.41, 5.74) is 0. The van der Waals surface area contributed by atoms with Gasteiger partial charge in [0, 0.05) is 19.1 Å². The first-order valence-corrected chi connectivity index (χ1v) is 8.70. The maximum Gasteiger partial charge on any atom is 0.331 e. The summed E-state index contributed by atoms with van der Waals surface area (Å²) in [6.45, 7) is 12.2. The third-order valence-corrected chi connectivity index (χ3v) is 4.19. The Morgan fingerprint density at radius 3 is 2.62 bits per heavy atom. The molecule has 0 saturated heterocycles. The van der Waals surface area contributed by atoms with E-state index in [9.17, 15) is 4.79 Å². The molecule has 0 bridgehead atoms. The van der Waals surface area contributed by atoms with Gasteiger partial charge in [-0.05, 0) is 45.9 Å². The molecule has 0 heterocycles. The molecule has 0 saturated carbocycles. The third kappa shape index (κ3) is 7.79. The summed E-state index contributed by atoms with van der Waals surface area (Å²) in [6.07, 6.45) is 3.84. The van der Waals surface area contributed by atoms with E-state index in [0.717, 1.165) is 12.8 Å². The van der Waals surface area contributed by atoms with Crippen LogP contribution in [0, 0.1) is 0 Å². The van der Waals surface area contributed by atoms with Crippen molar-refractivity contribution in [1.82, 2.24) is 0 Å². The van der Waals surface area contributed by atoms with Gasteiger partial charge in [-0.15, -0.1) is 0 Å². The Bertz CT molecular complexity index is 226. The largest absolute Gasteiger partial charge is 0.395 e. The van der Waals surface area contributed by atoms with Gasteiger partial charge in [0.25, 0.3) is 0 Å². The first kappa shape index (κ1) is 15.5. The van der Waals surface area contributed by atoms with Crippen LogP contribution in [-0.2, 0) is 13.6 Å². The zero-order valence-electron chi connectivity index (χ0n) is 10.9. The van der Waals surface area contributed by atoms with Crippen molar-refractivity contribution in [3.63, 3.8) is 0 Å². The first-order chi connectivity index (χ1) is 7.41. The van der Waals surface area contributed by atoms with Gasteiger partial charge in [-0.1, -0.05) is 6.58 Å². The van der Waals surface area contributed by atoms with Crippen molar-refractivity contribution in [2.24, 2.45) is 0 Å². The maximum absolute atomic E-state index is 11.0. The van der Waals surface area contributed by atoms with Crippen molar-refractivity contribution in [3.8, 4) is 0 Å². The molecule has 0 rings (SSSR count). The average Bonchev–Trinajstić information content (AvgIpc) is 2.16. The van der Waals surface area contributed by atoms with E-state index >= 15 is 0 Å². The molecule has 0 N–H and O–H groups in total. The quantitative estimate of drug-likeness (QED) is 0.462. The Hall–Kier alpha value is -0.453. The number of allylic oxidation sites excluding steroid dienone is 1. The second kappa shape index (κ2) is 7.76. The second-order valence-corrected chi connectivity index (χ2v) is 7.65. The summed E-state index contributed by atoms with van der Waals surface area (Å²) in [5.74, 6) is 0.105. The van der Waals surface area contributed by atoms with Crippen molar-refractivity contribution < 1.29 is 13.6 Å². The SMILES string of the molecule is C=CC(=O)CCCC(C)O[Si](C)(C)OCC. The van der Waals surface area contributed by atoms with Crippen molar-refractivity contribution in [2.45, 2.75) is 52.3 Å². The lowest BCUT2D eigenvalue weighted by atomic mass is 10.1. The number of carbonyl (C=O) groups excluding carboxylic acids is 1. The zero-order valence-corrected chi connectivity index (χ0v) is 11.9. The van der Waals surface area contributed by atoms with E-state index in [0.29, 0.717) is 13.0 Å². The molecule has 94 valence electrons.